The van der Waals surface area contributed by atoms with Crippen LogP contribution in [0.15, 0.2) is 6.33 Å². The molecule has 1 aliphatic heterocycles. The minimum Gasteiger partial charge on any atom is -0.490 e. The molecule has 0 spiro atoms. The highest BCUT2D eigenvalue weighted by Crippen LogP contribution is 2.34. The highest BCUT2D eigenvalue weighted by atomic mass is 16.5. The summed E-state index contributed by atoms with van der Waals surface area (Å²) in [5.74, 6) is 2.12. The van der Waals surface area contributed by atoms with E-state index in [-0.39, 0.29) is 0 Å². The summed E-state index contributed by atoms with van der Waals surface area (Å²) in [5.41, 5.74) is -0.567. The molecular weight excluding hydrogens is 232 g/mol. The molecular formula is C12H20N4O2. The standard InChI is InChI=1S/C12H20N4O2/c1-12(17)4-6-16(7-5-12)11-9(18-3)10(13-2)14-8-15-11/h8,17H,4-7H2,1-3H3,(H,13,14,15). The molecule has 2 rings (SSSR count). The normalized spacial score (nSPS) is 18.6. The predicted octanol–water partition coefficient (Wildman–Crippen LogP) is 0.878. The van der Waals surface area contributed by atoms with Gasteiger partial charge in [-0.05, 0) is 19.8 Å². The highest BCUT2D eigenvalue weighted by Gasteiger charge is 2.29. The van der Waals surface area contributed by atoms with Crippen molar-refractivity contribution in [2.24, 2.45) is 0 Å². The molecule has 0 radical (unpaired) electrons. The van der Waals surface area contributed by atoms with Gasteiger partial charge in [-0.1, -0.05) is 0 Å². The Morgan fingerprint density at radius 1 is 1.39 bits per heavy atom. The maximum Gasteiger partial charge on any atom is 0.204 e. The Morgan fingerprint density at radius 2 is 2.06 bits per heavy atom. The van der Waals surface area contributed by atoms with Gasteiger partial charge >= 0.3 is 0 Å². The van der Waals surface area contributed by atoms with Crippen LogP contribution in [0.2, 0.25) is 0 Å². The number of hydrogen-bond acceptors (Lipinski definition) is 6. The molecule has 1 aliphatic rings. The summed E-state index contributed by atoms with van der Waals surface area (Å²) in [7, 11) is 3.42. The Bertz CT molecular complexity index is 413. The molecule has 1 saturated heterocycles. The number of aromatic nitrogens is 2. The zero-order chi connectivity index (χ0) is 13.2. The van der Waals surface area contributed by atoms with Gasteiger partial charge in [0.2, 0.25) is 5.75 Å². The SMILES string of the molecule is CNc1ncnc(N2CCC(C)(O)CC2)c1OC. The second kappa shape index (κ2) is 4.97. The molecule has 0 aliphatic carbocycles. The monoisotopic (exact) mass is 252 g/mol. The van der Waals surface area contributed by atoms with Crippen molar-refractivity contribution in [3.8, 4) is 5.75 Å². The fourth-order valence-electron chi connectivity index (χ4n) is 2.16. The first-order chi connectivity index (χ1) is 8.57. The Balaban J connectivity index is 2.23. The van der Waals surface area contributed by atoms with Crippen molar-refractivity contribution in [1.29, 1.82) is 0 Å². The zero-order valence-electron chi connectivity index (χ0n) is 11.1. The molecule has 6 heteroatoms. The maximum absolute atomic E-state index is 9.96. The summed E-state index contributed by atoms with van der Waals surface area (Å²) in [6, 6.07) is 0. The largest absolute Gasteiger partial charge is 0.490 e. The third-order valence-electron chi connectivity index (χ3n) is 3.37. The van der Waals surface area contributed by atoms with E-state index in [1.54, 1.807) is 14.2 Å². The first-order valence-electron chi connectivity index (χ1n) is 6.11. The quantitative estimate of drug-likeness (QED) is 0.832. The summed E-state index contributed by atoms with van der Waals surface area (Å²) in [5, 5.41) is 13.0. The van der Waals surface area contributed by atoms with Crippen LogP contribution in [-0.2, 0) is 0 Å². The molecule has 1 aromatic rings. The summed E-state index contributed by atoms with van der Waals surface area (Å²) in [4.78, 5) is 10.6. The smallest absolute Gasteiger partial charge is 0.204 e. The van der Waals surface area contributed by atoms with Crippen LogP contribution in [-0.4, -0.2) is 47.9 Å². The molecule has 0 bridgehead atoms. The molecule has 0 unspecified atom stereocenters. The molecule has 18 heavy (non-hydrogen) atoms. The number of methoxy groups -OCH3 is 1. The van der Waals surface area contributed by atoms with Crippen molar-refractivity contribution in [2.75, 3.05) is 37.5 Å². The van der Waals surface area contributed by atoms with Crippen LogP contribution in [0.3, 0.4) is 0 Å². The number of aliphatic hydroxyl groups is 1. The first-order valence-corrected chi connectivity index (χ1v) is 6.11. The van der Waals surface area contributed by atoms with Crippen LogP contribution in [0.1, 0.15) is 19.8 Å². The number of hydrogen-bond donors (Lipinski definition) is 2. The Morgan fingerprint density at radius 3 is 2.61 bits per heavy atom. The average molecular weight is 252 g/mol. The number of rotatable bonds is 3. The molecule has 0 amide bonds. The van der Waals surface area contributed by atoms with E-state index in [1.165, 1.54) is 6.33 Å². The van der Waals surface area contributed by atoms with Crippen molar-refractivity contribution in [3.05, 3.63) is 6.33 Å². The Hall–Kier alpha value is -1.56. The van der Waals surface area contributed by atoms with Gasteiger partial charge < -0.3 is 20.1 Å². The molecule has 6 nitrogen and oxygen atoms in total. The fraction of sp³-hybridized carbons (Fsp3) is 0.667. The van der Waals surface area contributed by atoms with Gasteiger partial charge in [-0.15, -0.1) is 0 Å². The van der Waals surface area contributed by atoms with Crippen LogP contribution < -0.4 is 15.0 Å². The number of nitrogens with zero attached hydrogens (tertiary/aromatic N) is 3. The van der Waals surface area contributed by atoms with Gasteiger partial charge in [0.05, 0.1) is 12.7 Å². The minimum absolute atomic E-state index is 0.567. The number of piperidine rings is 1. The predicted molar refractivity (Wildman–Crippen MR) is 70.2 cm³/mol. The molecule has 0 aromatic carbocycles. The number of ether oxygens (including phenoxy) is 1. The van der Waals surface area contributed by atoms with Crippen molar-refractivity contribution in [2.45, 2.75) is 25.4 Å². The van der Waals surface area contributed by atoms with Gasteiger partial charge in [0.1, 0.15) is 6.33 Å². The Labute approximate surface area is 107 Å². The highest BCUT2D eigenvalue weighted by molar-refractivity contribution is 5.64. The maximum atomic E-state index is 9.96. The van der Waals surface area contributed by atoms with Crippen LogP contribution in [0.25, 0.3) is 0 Å². The van der Waals surface area contributed by atoms with Gasteiger partial charge in [-0.3, -0.25) is 0 Å². The first kappa shape index (κ1) is 12.9. The summed E-state index contributed by atoms with van der Waals surface area (Å²) < 4.78 is 5.38. The molecule has 2 N–H and O–H groups in total. The zero-order valence-corrected chi connectivity index (χ0v) is 11.1. The van der Waals surface area contributed by atoms with E-state index in [2.05, 4.69) is 20.2 Å². The van der Waals surface area contributed by atoms with Gasteiger partial charge in [0.15, 0.2) is 11.6 Å². The van der Waals surface area contributed by atoms with E-state index < -0.39 is 5.60 Å². The van der Waals surface area contributed by atoms with Crippen LogP contribution in [0.5, 0.6) is 5.75 Å². The lowest BCUT2D eigenvalue weighted by Crippen LogP contribution is -2.43. The van der Waals surface area contributed by atoms with Crippen LogP contribution in [0, 0.1) is 0 Å². The number of nitrogens with one attached hydrogen (secondary N) is 1. The average Bonchev–Trinajstić information content (AvgIpc) is 2.37. The minimum atomic E-state index is -0.567. The van der Waals surface area contributed by atoms with Gasteiger partial charge in [0, 0.05) is 20.1 Å². The van der Waals surface area contributed by atoms with E-state index in [1.807, 2.05) is 6.92 Å². The lowest BCUT2D eigenvalue weighted by Gasteiger charge is -2.36. The van der Waals surface area contributed by atoms with Gasteiger partial charge in [-0.2, -0.15) is 0 Å². The second-order valence-corrected chi connectivity index (χ2v) is 4.81. The van der Waals surface area contributed by atoms with Crippen molar-refractivity contribution in [3.63, 3.8) is 0 Å². The van der Waals surface area contributed by atoms with E-state index >= 15 is 0 Å². The summed E-state index contributed by atoms with van der Waals surface area (Å²) in [6.45, 7) is 3.41. The third kappa shape index (κ3) is 2.48. The third-order valence-corrected chi connectivity index (χ3v) is 3.37. The molecule has 0 atom stereocenters. The van der Waals surface area contributed by atoms with Crippen molar-refractivity contribution in [1.82, 2.24) is 9.97 Å². The van der Waals surface area contributed by atoms with E-state index in [0.717, 1.165) is 31.7 Å². The summed E-state index contributed by atoms with van der Waals surface area (Å²) in [6.07, 6.45) is 2.99. The molecule has 100 valence electrons. The molecule has 1 fully saturated rings. The topological polar surface area (TPSA) is 70.5 Å². The molecule has 1 aromatic heterocycles. The lowest BCUT2D eigenvalue weighted by atomic mass is 9.94. The van der Waals surface area contributed by atoms with Crippen LogP contribution >= 0.6 is 0 Å². The van der Waals surface area contributed by atoms with Crippen molar-refractivity contribution >= 4 is 11.6 Å². The number of anilines is 2. The van der Waals surface area contributed by atoms with E-state index in [4.69, 9.17) is 4.74 Å². The van der Waals surface area contributed by atoms with E-state index in [9.17, 15) is 5.11 Å². The van der Waals surface area contributed by atoms with Crippen molar-refractivity contribution < 1.29 is 9.84 Å². The second-order valence-electron chi connectivity index (χ2n) is 4.81. The van der Waals surface area contributed by atoms with Gasteiger partial charge in [0.25, 0.3) is 0 Å². The summed E-state index contributed by atoms with van der Waals surface area (Å²) >= 11 is 0. The molecule has 0 saturated carbocycles. The van der Waals surface area contributed by atoms with E-state index in [0.29, 0.717) is 11.6 Å². The van der Waals surface area contributed by atoms with Crippen LogP contribution in [0.4, 0.5) is 11.6 Å². The molecule has 2 heterocycles. The Kier molecular flexibility index (Phi) is 3.56. The van der Waals surface area contributed by atoms with Gasteiger partial charge in [-0.25, -0.2) is 9.97 Å². The fourth-order valence-corrected chi connectivity index (χ4v) is 2.16. The lowest BCUT2D eigenvalue weighted by molar-refractivity contribution is 0.0349.